The number of hydrogen-bond acceptors (Lipinski definition) is 3. The van der Waals surface area contributed by atoms with Gasteiger partial charge >= 0.3 is 0 Å². The van der Waals surface area contributed by atoms with E-state index in [1.165, 1.54) is 6.33 Å². The Kier molecular flexibility index (Phi) is 3.47. The molecule has 1 heterocycles. The molecule has 0 fully saturated rings. The predicted molar refractivity (Wildman–Crippen MR) is 56.0 cm³/mol. The first-order valence-electron chi connectivity index (χ1n) is 4.83. The van der Waals surface area contributed by atoms with Crippen molar-refractivity contribution in [2.45, 2.75) is 39.5 Å². The fourth-order valence-electron chi connectivity index (χ4n) is 1.23. The van der Waals surface area contributed by atoms with Crippen molar-refractivity contribution in [3.05, 3.63) is 18.2 Å². The largest absolute Gasteiger partial charge is 0.390 e. The molecule has 5 nitrogen and oxygen atoms in total. The van der Waals surface area contributed by atoms with Crippen molar-refractivity contribution in [1.29, 1.82) is 0 Å². The molecule has 0 radical (unpaired) electrons. The van der Waals surface area contributed by atoms with Crippen LogP contribution in [0.3, 0.4) is 0 Å². The molecule has 0 aliphatic heterocycles. The second-order valence-corrected chi connectivity index (χ2v) is 4.47. The number of imidazole rings is 1. The minimum absolute atomic E-state index is 0.0878. The zero-order valence-corrected chi connectivity index (χ0v) is 9.32. The summed E-state index contributed by atoms with van der Waals surface area (Å²) in [5, 5.41) is 11.8. The maximum atomic E-state index is 11.6. The van der Waals surface area contributed by atoms with E-state index in [4.69, 9.17) is 5.11 Å². The van der Waals surface area contributed by atoms with Crippen LogP contribution >= 0.6 is 0 Å². The highest BCUT2D eigenvalue weighted by atomic mass is 16.3. The molecule has 1 amide bonds. The Labute approximate surface area is 89.1 Å². The second-order valence-electron chi connectivity index (χ2n) is 4.47. The number of nitrogens with one attached hydrogen (secondary N) is 1. The van der Waals surface area contributed by atoms with Crippen LogP contribution in [0.5, 0.6) is 0 Å². The number of amides is 1. The normalized spacial score (nSPS) is 11.5. The number of carbonyl (C=O) groups is 1. The van der Waals surface area contributed by atoms with E-state index >= 15 is 0 Å². The summed E-state index contributed by atoms with van der Waals surface area (Å²) in [7, 11) is 0. The number of carbonyl (C=O) groups excluding carboxylic acids is 1. The van der Waals surface area contributed by atoms with Gasteiger partial charge in [0, 0.05) is 5.54 Å². The Hall–Kier alpha value is -1.36. The quantitative estimate of drug-likeness (QED) is 0.755. The second kappa shape index (κ2) is 4.44. The van der Waals surface area contributed by atoms with Crippen LogP contribution in [0.1, 0.15) is 26.5 Å². The van der Waals surface area contributed by atoms with Crippen LogP contribution in [0, 0.1) is 0 Å². The van der Waals surface area contributed by atoms with E-state index in [-0.39, 0.29) is 24.6 Å². The summed E-state index contributed by atoms with van der Waals surface area (Å²) in [4.78, 5) is 15.4. The van der Waals surface area contributed by atoms with E-state index in [2.05, 4.69) is 10.3 Å². The minimum atomic E-state index is -0.239. The molecule has 1 aromatic rings. The number of aliphatic hydroxyl groups is 1. The first-order valence-corrected chi connectivity index (χ1v) is 4.83. The van der Waals surface area contributed by atoms with E-state index in [1.807, 2.05) is 20.8 Å². The van der Waals surface area contributed by atoms with Crippen molar-refractivity contribution in [2.24, 2.45) is 0 Å². The molecule has 0 aromatic carbocycles. The van der Waals surface area contributed by atoms with Crippen molar-refractivity contribution in [3.8, 4) is 0 Å². The minimum Gasteiger partial charge on any atom is -0.390 e. The third-order valence-corrected chi connectivity index (χ3v) is 1.79. The smallest absolute Gasteiger partial charge is 0.240 e. The lowest BCUT2D eigenvalue weighted by Crippen LogP contribution is -2.42. The van der Waals surface area contributed by atoms with E-state index in [0.717, 1.165) is 0 Å². The summed E-state index contributed by atoms with van der Waals surface area (Å²) >= 11 is 0. The van der Waals surface area contributed by atoms with Gasteiger partial charge in [-0.2, -0.15) is 0 Å². The molecule has 1 aromatic heterocycles. The van der Waals surface area contributed by atoms with Gasteiger partial charge in [-0.05, 0) is 20.8 Å². The van der Waals surface area contributed by atoms with Crippen LogP contribution in [0.4, 0.5) is 0 Å². The van der Waals surface area contributed by atoms with Crippen LogP contribution < -0.4 is 5.32 Å². The van der Waals surface area contributed by atoms with Crippen LogP contribution in [-0.2, 0) is 17.9 Å². The highest BCUT2D eigenvalue weighted by Crippen LogP contribution is 2.01. The molecule has 84 valence electrons. The van der Waals surface area contributed by atoms with Crippen molar-refractivity contribution >= 4 is 5.91 Å². The molecule has 0 bridgehead atoms. The van der Waals surface area contributed by atoms with Gasteiger partial charge < -0.3 is 15.0 Å². The van der Waals surface area contributed by atoms with Crippen molar-refractivity contribution in [3.63, 3.8) is 0 Å². The van der Waals surface area contributed by atoms with Gasteiger partial charge in [0.1, 0.15) is 6.54 Å². The molecular weight excluding hydrogens is 194 g/mol. The first-order chi connectivity index (χ1) is 6.92. The summed E-state index contributed by atoms with van der Waals surface area (Å²) in [6.07, 6.45) is 3.08. The number of hydrogen-bond donors (Lipinski definition) is 2. The van der Waals surface area contributed by atoms with Gasteiger partial charge in [-0.1, -0.05) is 0 Å². The van der Waals surface area contributed by atoms with Crippen molar-refractivity contribution < 1.29 is 9.90 Å². The highest BCUT2D eigenvalue weighted by molar-refractivity contribution is 5.76. The molecule has 5 heteroatoms. The lowest BCUT2D eigenvalue weighted by atomic mass is 10.1. The van der Waals surface area contributed by atoms with E-state index in [9.17, 15) is 4.79 Å². The highest BCUT2D eigenvalue weighted by Gasteiger charge is 2.14. The molecule has 1 rings (SSSR count). The zero-order valence-electron chi connectivity index (χ0n) is 9.32. The Morgan fingerprint density at radius 1 is 1.60 bits per heavy atom. The van der Waals surface area contributed by atoms with Gasteiger partial charge in [0.2, 0.25) is 5.91 Å². The Morgan fingerprint density at radius 3 is 2.80 bits per heavy atom. The molecule has 0 saturated heterocycles. The molecule has 0 aliphatic carbocycles. The maximum absolute atomic E-state index is 11.6. The van der Waals surface area contributed by atoms with E-state index in [1.54, 1.807) is 10.8 Å². The van der Waals surface area contributed by atoms with Gasteiger partial charge in [-0.3, -0.25) is 4.79 Å². The maximum Gasteiger partial charge on any atom is 0.240 e. The van der Waals surface area contributed by atoms with Gasteiger partial charge in [-0.15, -0.1) is 0 Å². The Balaban J connectivity index is 2.59. The molecular formula is C10H17N3O2. The fourth-order valence-corrected chi connectivity index (χ4v) is 1.23. The molecule has 0 saturated carbocycles. The first kappa shape index (κ1) is 11.7. The van der Waals surface area contributed by atoms with Gasteiger partial charge in [-0.25, -0.2) is 4.98 Å². The summed E-state index contributed by atoms with van der Waals surface area (Å²) in [5.74, 6) is -0.0878. The lowest BCUT2D eigenvalue weighted by molar-refractivity contribution is -0.123. The fraction of sp³-hybridized carbons (Fsp3) is 0.600. The van der Waals surface area contributed by atoms with Crippen LogP contribution in [0.2, 0.25) is 0 Å². The summed E-state index contributed by atoms with van der Waals surface area (Å²) in [6.45, 7) is 5.85. The monoisotopic (exact) mass is 211 g/mol. The molecule has 0 atom stereocenters. The average molecular weight is 211 g/mol. The Morgan fingerprint density at radius 2 is 2.27 bits per heavy atom. The SMILES string of the molecule is CC(C)(C)NC(=O)Cn1cncc1CO. The van der Waals surface area contributed by atoms with Crippen molar-refractivity contribution in [2.75, 3.05) is 0 Å². The molecule has 2 N–H and O–H groups in total. The van der Waals surface area contributed by atoms with E-state index < -0.39 is 0 Å². The Bertz CT molecular complexity index is 339. The number of nitrogens with zero attached hydrogens (tertiary/aromatic N) is 2. The summed E-state index contributed by atoms with van der Waals surface area (Å²) in [6, 6.07) is 0. The van der Waals surface area contributed by atoms with E-state index in [0.29, 0.717) is 5.69 Å². The zero-order chi connectivity index (χ0) is 11.5. The third kappa shape index (κ3) is 3.71. The molecule has 0 unspecified atom stereocenters. The third-order valence-electron chi connectivity index (χ3n) is 1.79. The summed E-state index contributed by atoms with van der Waals surface area (Å²) in [5.41, 5.74) is 0.399. The predicted octanol–water partition coefficient (Wildman–Crippen LogP) is 0.290. The van der Waals surface area contributed by atoms with Crippen LogP contribution in [-0.4, -0.2) is 26.1 Å². The topological polar surface area (TPSA) is 67.2 Å². The molecule has 15 heavy (non-hydrogen) atoms. The average Bonchev–Trinajstić information content (AvgIpc) is 2.48. The van der Waals surface area contributed by atoms with Gasteiger partial charge in [0.25, 0.3) is 0 Å². The molecule has 0 aliphatic rings. The number of rotatable bonds is 3. The summed E-state index contributed by atoms with van der Waals surface area (Å²) < 4.78 is 1.63. The van der Waals surface area contributed by atoms with Crippen molar-refractivity contribution in [1.82, 2.24) is 14.9 Å². The van der Waals surface area contributed by atoms with Crippen LogP contribution in [0.25, 0.3) is 0 Å². The lowest BCUT2D eigenvalue weighted by Gasteiger charge is -2.20. The van der Waals surface area contributed by atoms with Gasteiger partial charge in [0.05, 0.1) is 24.8 Å². The van der Waals surface area contributed by atoms with Crippen LogP contribution in [0.15, 0.2) is 12.5 Å². The number of aliphatic hydroxyl groups excluding tert-OH is 1. The standard InChI is InChI=1S/C10H17N3O2/c1-10(2,3)12-9(15)5-13-7-11-4-8(13)6-14/h4,7,14H,5-6H2,1-3H3,(H,12,15). The molecule has 0 spiro atoms. The number of aromatic nitrogens is 2. The van der Waals surface area contributed by atoms with Gasteiger partial charge in [0.15, 0.2) is 0 Å².